The van der Waals surface area contributed by atoms with E-state index in [0.29, 0.717) is 12.8 Å². The third kappa shape index (κ3) is 4.41. The van der Waals surface area contributed by atoms with Crippen molar-refractivity contribution in [2.75, 3.05) is 50.7 Å². The molecular formula is C25H34N6O3. The number of benzene rings is 1. The second-order valence-corrected chi connectivity index (χ2v) is 10.4. The van der Waals surface area contributed by atoms with Crippen LogP contribution in [0, 0.1) is 5.41 Å². The van der Waals surface area contributed by atoms with E-state index in [1.54, 1.807) is 0 Å². The topological polar surface area (TPSA) is 90.8 Å². The molecule has 0 aliphatic carbocycles. The van der Waals surface area contributed by atoms with Gasteiger partial charge in [-0.25, -0.2) is 0 Å². The molecule has 3 aliphatic heterocycles. The summed E-state index contributed by atoms with van der Waals surface area (Å²) in [6.45, 7) is 9.17. The lowest BCUT2D eigenvalue weighted by atomic mass is 9.80. The number of likely N-dealkylation sites (tertiary alicyclic amines) is 1. The zero-order valence-corrected chi connectivity index (χ0v) is 20.1. The van der Waals surface area contributed by atoms with E-state index in [1.807, 2.05) is 16.6 Å². The van der Waals surface area contributed by atoms with Crippen LogP contribution < -0.4 is 10.2 Å². The van der Waals surface area contributed by atoms with Gasteiger partial charge in [0.05, 0.1) is 17.1 Å². The van der Waals surface area contributed by atoms with Crippen LogP contribution in [0.4, 0.5) is 5.69 Å². The standard InChI is InChI=1S/C25H34N6O3/c1-25(7-9-30(17-32)10-8-25)16-29-11-13-31(14-12-29)18-3-4-19-21(15-18)28(2)27-23(19)20-5-6-22(33)26-24(20)34/h3-4,15,17,20H,5-14,16H2,1-2H3,(H,26,33,34). The number of fused-ring (bicyclic) bond motifs is 1. The van der Waals surface area contributed by atoms with Crippen LogP contribution in [-0.2, 0) is 21.4 Å². The number of anilines is 1. The number of nitrogens with zero attached hydrogens (tertiary/aromatic N) is 5. The fraction of sp³-hybridized carbons (Fsp3) is 0.600. The first-order chi connectivity index (χ1) is 16.3. The third-order valence-corrected chi connectivity index (χ3v) is 7.93. The van der Waals surface area contributed by atoms with Gasteiger partial charge in [0.25, 0.3) is 0 Å². The molecule has 4 heterocycles. The first-order valence-corrected chi connectivity index (χ1v) is 12.3. The molecular weight excluding hydrogens is 432 g/mol. The Hall–Kier alpha value is -2.94. The largest absolute Gasteiger partial charge is 0.369 e. The van der Waals surface area contributed by atoms with Crippen LogP contribution in [0.2, 0.25) is 0 Å². The lowest BCUT2D eigenvalue weighted by Gasteiger charge is -2.44. The van der Waals surface area contributed by atoms with Crippen molar-refractivity contribution in [3.63, 3.8) is 0 Å². The second kappa shape index (κ2) is 9.02. The maximum absolute atomic E-state index is 12.4. The fourth-order valence-electron chi connectivity index (χ4n) is 5.71. The highest BCUT2D eigenvalue weighted by atomic mass is 16.2. The minimum Gasteiger partial charge on any atom is -0.369 e. The fourth-order valence-corrected chi connectivity index (χ4v) is 5.71. The number of aromatic nitrogens is 2. The smallest absolute Gasteiger partial charge is 0.235 e. The highest BCUT2D eigenvalue weighted by Crippen LogP contribution is 2.34. The van der Waals surface area contributed by atoms with E-state index in [1.165, 1.54) is 5.69 Å². The molecule has 0 spiro atoms. The first-order valence-electron chi connectivity index (χ1n) is 12.3. The molecule has 1 aromatic heterocycles. The molecule has 0 saturated carbocycles. The second-order valence-electron chi connectivity index (χ2n) is 10.4. The van der Waals surface area contributed by atoms with Gasteiger partial charge in [0, 0.05) is 70.4 Å². The number of hydrogen-bond acceptors (Lipinski definition) is 6. The van der Waals surface area contributed by atoms with Crippen LogP contribution in [0.15, 0.2) is 18.2 Å². The molecule has 9 heteroatoms. The summed E-state index contributed by atoms with van der Waals surface area (Å²) in [5, 5.41) is 8.09. The molecule has 1 atom stereocenters. The SMILES string of the molecule is Cn1nc(C2CCC(=O)NC2=O)c2ccc(N3CCN(CC4(C)CCN(C=O)CC4)CC3)cc21. The number of piperazine rings is 1. The van der Waals surface area contributed by atoms with Gasteiger partial charge in [-0.1, -0.05) is 6.92 Å². The minimum atomic E-state index is -0.379. The maximum atomic E-state index is 12.4. The number of carbonyl (C=O) groups is 3. The van der Waals surface area contributed by atoms with Gasteiger partial charge in [0.15, 0.2) is 0 Å². The molecule has 1 unspecified atom stereocenters. The number of amides is 3. The summed E-state index contributed by atoms with van der Waals surface area (Å²) in [6.07, 6.45) is 3.97. The molecule has 182 valence electrons. The van der Waals surface area contributed by atoms with Crippen molar-refractivity contribution >= 4 is 34.8 Å². The summed E-state index contributed by atoms with van der Waals surface area (Å²) in [7, 11) is 1.91. The van der Waals surface area contributed by atoms with Crippen molar-refractivity contribution in [2.45, 2.75) is 38.5 Å². The van der Waals surface area contributed by atoms with E-state index in [4.69, 9.17) is 0 Å². The Morgan fingerprint density at radius 2 is 1.85 bits per heavy atom. The average Bonchev–Trinajstić information content (AvgIpc) is 3.15. The van der Waals surface area contributed by atoms with E-state index >= 15 is 0 Å². The zero-order chi connectivity index (χ0) is 23.9. The van der Waals surface area contributed by atoms with Gasteiger partial charge in [-0.15, -0.1) is 0 Å². The molecule has 34 heavy (non-hydrogen) atoms. The van der Waals surface area contributed by atoms with Crippen molar-refractivity contribution in [2.24, 2.45) is 12.5 Å². The Labute approximate surface area is 200 Å². The number of piperidine rings is 2. The molecule has 1 N–H and O–H groups in total. The minimum absolute atomic E-state index is 0.205. The van der Waals surface area contributed by atoms with Gasteiger partial charge in [-0.05, 0) is 42.9 Å². The molecule has 0 radical (unpaired) electrons. The molecule has 0 bridgehead atoms. The predicted molar refractivity (Wildman–Crippen MR) is 129 cm³/mol. The summed E-state index contributed by atoms with van der Waals surface area (Å²) in [6, 6.07) is 6.38. The zero-order valence-electron chi connectivity index (χ0n) is 20.1. The Morgan fingerprint density at radius 1 is 1.12 bits per heavy atom. The van der Waals surface area contributed by atoms with Gasteiger partial charge < -0.3 is 9.80 Å². The number of imide groups is 1. The van der Waals surface area contributed by atoms with Gasteiger partial charge in [0.2, 0.25) is 18.2 Å². The van der Waals surface area contributed by atoms with E-state index in [2.05, 4.69) is 45.3 Å². The van der Waals surface area contributed by atoms with Crippen molar-refractivity contribution in [1.82, 2.24) is 24.9 Å². The summed E-state index contributed by atoms with van der Waals surface area (Å²) in [5.41, 5.74) is 3.22. The molecule has 1 aromatic carbocycles. The van der Waals surface area contributed by atoms with Crippen LogP contribution in [0.25, 0.3) is 10.9 Å². The quantitative estimate of drug-likeness (QED) is 0.530. The highest BCUT2D eigenvalue weighted by Gasteiger charge is 2.33. The number of nitrogens with one attached hydrogen (secondary N) is 1. The molecule has 3 amide bonds. The number of rotatable bonds is 5. The summed E-state index contributed by atoms with van der Waals surface area (Å²) in [5.74, 6) is -0.833. The molecule has 2 aromatic rings. The summed E-state index contributed by atoms with van der Waals surface area (Å²) >= 11 is 0. The molecule has 3 aliphatic rings. The molecule has 3 fully saturated rings. The Balaban J connectivity index is 1.24. The van der Waals surface area contributed by atoms with Crippen LogP contribution >= 0.6 is 0 Å². The van der Waals surface area contributed by atoms with E-state index in [9.17, 15) is 14.4 Å². The summed E-state index contributed by atoms with van der Waals surface area (Å²) < 4.78 is 1.85. The van der Waals surface area contributed by atoms with Crippen LogP contribution in [-0.4, -0.2) is 83.6 Å². The lowest BCUT2D eigenvalue weighted by molar-refractivity contribution is -0.134. The number of carbonyl (C=O) groups excluding carboxylic acids is 3. The van der Waals surface area contributed by atoms with Gasteiger partial charge in [-0.3, -0.25) is 29.3 Å². The predicted octanol–water partition coefficient (Wildman–Crippen LogP) is 1.47. The monoisotopic (exact) mass is 466 g/mol. The Morgan fingerprint density at radius 3 is 2.53 bits per heavy atom. The Bertz CT molecular complexity index is 1100. The van der Waals surface area contributed by atoms with Crippen LogP contribution in [0.1, 0.15) is 44.2 Å². The van der Waals surface area contributed by atoms with Gasteiger partial charge in [-0.2, -0.15) is 5.10 Å². The normalized spacial score (nSPS) is 23.9. The number of aryl methyl sites for hydroxylation is 1. The van der Waals surface area contributed by atoms with Crippen molar-refractivity contribution in [3.8, 4) is 0 Å². The maximum Gasteiger partial charge on any atom is 0.235 e. The van der Waals surface area contributed by atoms with E-state index in [-0.39, 0.29) is 23.1 Å². The molecule has 5 rings (SSSR count). The lowest BCUT2D eigenvalue weighted by Crippen LogP contribution is -2.51. The Kier molecular flexibility index (Phi) is 6.06. The van der Waals surface area contributed by atoms with Crippen LogP contribution in [0.3, 0.4) is 0 Å². The van der Waals surface area contributed by atoms with E-state index in [0.717, 1.165) is 81.7 Å². The average molecular weight is 467 g/mol. The molecule has 3 saturated heterocycles. The van der Waals surface area contributed by atoms with Crippen molar-refractivity contribution < 1.29 is 14.4 Å². The van der Waals surface area contributed by atoms with Gasteiger partial charge in [0.1, 0.15) is 0 Å². The molecule has 9 nitrogen and oxygen atoms in total. The third-order valence-electron chi connectivity index (χ3n) is 7.93. The highest BCUT2D eigenvalue weighted by molar-refractivity contribution is 6.02. The van der Waals surface area contributed by atoms with E-state index < -0.39 is 0 Å². The number of hydrogen-bond donors (Lipinski definition) is 1. The van der Waals surface area contributed by atoms with Crippen molar-refractivity contribution in [3.05, 3.63) is 23.9 Å². The van der Waals surface area contributed by atoms with Crippen LogP contribution in [0.5, 0.6) is 0 Å². The summed E-state index contributed by atoms with van der Waals surface area (Å²) in [4.78, 5) is 41.8. The van der Waals surface area contributed by atoms with Gasteiger partial charge >= 0.3 is 0 Å². The van der Waals surface area contributed by atoms with Crippen molar-refractivity contribution in [1.29, 1.82) is 0 Å². The first kappa shape index (κ1) is 22.8.